The van der Waals surface area contributed by atoms with Crippen LogP contribution in [0.5, 0.6) is 11.5 Å². The monoisotopic (exact) mass is 327 g/mol. The Hall–Kier alpha value is -2.00. The maximum atomic E-state index is 9.67. The summed E-state index contributed by atoms with van der Waals surface area (Å²) < 4.78 is 5.17. The van der Waals surface area contributed by atoms with E-state index in [1.807, 2.05) is 12.1 Å². The Balaban J connectivity index is 1.95. The van der Waals surface area contributed by atoms with Crippen molar-refractivity contribution < 1.29 is 9.84 Å². The summed E-state index contributed by atoms with van der Waals surface area (Å²) in [7, 11) is 1.58. The second-order valence-corrected chi connectivity index (χ2v) is 7.08. The van der Waals surface area contributed by atoms with Gasteiger partial charge in [0.1, 0.15) is 0 Å². The van der Waals surface area contributed by atoms with Gasteiger partial charge >= 0.3 is 0 Å². The largest absolute Gasteiger partial charge is 0.504 e. The SMILES string of the molecule is COc1cc(CCC(C)NC(C)(C)c2ccc(C)cc2)ccc1O. The van der Waals surface area contributed by atoms with Gasteiger partial charge in [0.2, 0.25) is 0 Å². The maximum absolute atomic E-state index is 9.67. The standard InChI is InChI=1S/C21H29NO2/c1-15-6-11-18(12-7-15)21(3,4)22-16(2)8-9-17-10-13-19(23)20(14-17)24-5/h6-7,10-14,16,22-23H,8-9H2,1-5H3. The molecule has 2 N–H and O–H groups in total. The fourth-order valence-corrected chi connectivity index (χ4v) is 3.00. The minimum atomic E-state index is -0.0697. The zero-order valence-electron chi connectivity index (χ0n) is 15.4. The molecule has 130 valence electrons. The molecule has 3 nitrogen and oxygen atoms in total. The molecule has 0 radical (unpaired) electrons. The third-order valence-corrected chi connectivity index (χ3v) is 4.49. The van der Waals surface area contributed by atoms with E-state index in [1.54, 1.807) is 13.2 Å². The van der Waals surface area contributed by atoms with Crippen LogP contribution in [-0.4, -0.2) is 18.3 Å². The van der Waals surface area contributed by atoms with Crippen LogP contribution in [0.2, 0.25) is 0 Å². The van der Waals surface area contributed by atoms with Crippen LogP contribution in [0.3, 0.4) is 0 Å². The molecule has 1 unspecified atom stereocenters. The number of aryl methyl sites for hydroxylation is 2. The van der Waals surface area contributed by atoms with Crippen LogP contribution in [0, 0.1) is 6.92 Å². The highest BCUT2D eigenvalue weighted by Crippen LogP contribution is 2.27. The van der Waals surface area contributed by atoms with Crippen molar-refractivity contribution >= 4 is 0 Å². The lowest BCUT2D eigenvalue weighted by Crippen LogP contribution is -2.42. The first-order valence-corrected chi connectivity index (χ1v) is 8.52. The maximum Gasteiger partial charge on any atom is 0.160 e. The number of phenolic OH excluding ortho intramolecular Hbond substituents is 1. The summed E-state index contributed by atoms with van der Waals surface area (Å²) in [6.45, 7) is 8.77. The van der Waals surface area contributed by atoms with Crippen LogP contribution in [0.1, 0.15) is 43.9 Å². The normalized spacial score (nSPS) is 12.9. The zero-order valence-corrected chi connectivity index (χ0v) is 15.4. The van der Waals surface area contributed by atoms with Crippen molar-refractivity contribution in [1.82, 2.24) is 5.32 Å². The van der Waals surface area contributed by atoms with Crippen molar-refractivity contribution in [3.63, 3.8) is 0 Å². The quantitative estimate of drug-likeness (QED) is 0.783. The molecule has 3 heteroatoms. The topological polar surface area (TPSA) is 41.5 Å². The second-order valence-electron chi connectivity index (χ2n) is 7.08. The van der Waals surface area contributed by atoms with E-state index in [0.29, 0.717) is 11.8 Å². The van der Waals surface area contributed by atoms with E-state index in [0.717, 1.165) is 12.8 Å². The van der Waals surface area contributed by atoms with Crippen LogP contribution in [0.4, 0.5) is 0 Å². The summed E-state index contributed by atoms with van der Waals surface area (Å²) in [6, 6.07) is 14.6. The number of nitrogens with one attached hydrogen (secondary N) is 1. The van der Waals surface area contributed by atoms with Gasteiger partial charge in [0, 0.05) is 11.6 Å². The molecule has 24 heavy (non-hydrogen) atoms. The van der Waals surface area contributed by atoms with Crippen molar-refractivity contribution in [1.29, 1.82) is 0 Å². The number of hydrogen-bond acceptors (Lipinski definition) is 3. The molecule has 0 saturated heterocycles. The Morgan fingerprint density at radius 1 is 1.12 bits per heavy atom. The summed E-state index contributed by atoms with van der Waals surface area (Å²) in [5.74, 6) is 0.723. The second kappa shape index (κ2) is 7.71. The summed E-state index contributed by atoms with van der Waals surface area (Å²) in [5, 5.41) is 13.4. The Bertz CT molecular complexity index is 662. The van der Waals surface area contributed by atoms with Gasteiger partial charge in [-0.3, -0.25) is 0 Å². The minimum Gasteiger partial charge on any atom is -0.504 e. The average Bonchev–Trinajstić information content (AvgIpc) is 2.54. The zero-order chi connectivity index (χ0) is 17.7. The van der Waals surface area contributed by atoms with E-state index < -0.39 is 0 Å². The fourth-order valence-electron chi connectivity index (χ4n) is 3.00. The van der Waals surface area contributed by atoms with Crippen LogP contribution >= 0.6 is 0 Å². The van der Waals surface area contributed by atoms with E-state index in [4.69, 9.17) is 4.74 Å². The molecule has 0 heterocycles. The highest BCUT2D eigenvalue weighted by molar-refractivity contribution is 5.41. The molecule has 0 saturated carbocycles. The molecule has 2 aromatic rings. The van der Waals surface area contributed by atoms with Gasteiger partial charge in [-0.2, -0.15) is 0 Å². The van der Waals surface area contributed by atoms with Gasteiger partial charge in [0.05, 0.1) is 7.11 Å². The van der Waals surface area contributed by atoms with Gasteiger partial charge in [0.25, 0.3) is 0 Å². The highest BCUT2D eigenvalue weighted by Gasteiger charge is 2.22. The van der Waals surface area contributed by atoms with Crippen molar-refractivity contribution in [3.8, 4) is 11.5 Å². The third kappa shape index (κ3) is 4.75. The predicted molar refractivity (Wildman–Crippen MR) is 99.8 cm³/mol. The van der Waals surface area contributed by atoms with Crippen molar-refractivity contribution in [2.24, 2.45) is 0 Å². The molecular weight excluding hydrogens is 298 g/mol. The molecule has 2 aromatic carbocycles. The Morgan fingerprint density at radius 3 is 2.42 bits per heavy atom. The molecule has 0 aliphatic heterocycles. The first kappa shape index (κ1) is 18.3. The van der Waals surface area contributed by atoms with E-state index in [1.165, 1.54) is 16.7 Å². The van der Waals surface area contributed by atoms with Crippen molar-refractivity contribution in [2.45, 2.75) is 52.1 Å². The van der Waals surface area contributed by atoms with E-state index in [-0.39, 0.29) is 11.3 Å². The van der Waals surface area contributed by atoms with Crippen LogP contribution < -0.4 is 10.1 Å². The third-order valence-electron chi connectivity index (χ3n) is 4.49. The molecule has 2 rings (SSSR count). The van der Waals surface area contributed by atoms with E-state index >= 15 is 0 Å². The first-order valence-electron chi connectivity index (χ1n) is 8.52. The molecule has 0 spiro atoms. The first-order chi connectivity index (χ1) is 11.3. The van der Waals surface area contributed by atoms with Gasteiger partial charge in [-0.15, -0.1) is 0 Å². The molecule has 0 aliphatic rings. The number of hydrogen-bond donors (Lipinski definition) is 2. The number of benzene rings is 2. The lowest BCUT2D eigenvalue weighted by Gasteiger charge is -2.31. The Morgan fingerprint density at radius 2 is 1.79 bits per heavy atom. The van der Waals surface area contributed by atoms with E-state index in [9.17, 15) is 5.11 Å². The van der Waals surface area contributed by atoms with Crippen LogP contribution in [0.25, 0.3) is 0 Å². The summed E-state index contributed by atoms with van der Waals surface area (Å²) in [5.41, 5.74) is 3.68. The fraction of sp³-hybridized carbons (Fsp3) is 0.429. The molecule has 0 aliphatic carbocycles. The highest BCUT2D eigenvalue weighted by atomic mass is 16.5. The summed E-state index contributed by atoms with van der Waals surface area (Å²) in [4.78, 5) is 0. The Labute approximate surface area is 145 Å². The number of methoxy groups -OCH3 is 1. The number of ether oxygens (including phenoxy) is 1. The minimum absolute atomic E-state index is 0.0697. The predicted octanol–water partition coefficient (Wildman–Crippen LogP) is 4.56. The molecule has 0 bridgehead atoms. The molecule has 0 aromatic heterocycles. The smallest absolute Gasteiger partial charge is 0.160 e. The molecule has 0 amide bonds. The van der Waals surface area contributed by atoms with Crippen molar-refractivity contribution in [2.75, 3.05) is 7.11 Å². The number of phenols is 1. The van der Waals surface area contributed by atoms with Gasteiger partial charge in [-0.1, -0.05) is 35.9 Å². The number of rotatable bonds is 7. The molecular formula is C21H29NO2. The van der Waals surface area contributed by atoms with Gasteiger partial charge in [0.15, 0.2) is 11.5 Å². The lowest BCUT2D eigenvalue weighted by molar-refractivity contribution is 0.341. The van der Waals surface area contributed by atoms with E-state index in [2.05, 4.69) is 57.3 Å². The van der Waals surface area contributed by atoms with Crippen LogP contribution in [0.15, 0.2) is 42.5 Å². The van der Waals surface area contributed by atoms with Gasteiger partial charge < -0.3 is 15.2 Å². The number of aromatic hydroxyl groups is 1. The van der Waals surface area contributed by atoms with Gasteiger partial charge in [-0.25, -0.2) is 0 Å². The molecule has 1 atom stereocenters. The summed E-state index contributed by atoms with van der Waals surface area (Å²) in [6.07, 6.45) is 1.96. The van der Waals surface area contributed by atoms with Crippen LogP contribution in [-0.2, 0) is 12.0 Å². The average molecular weight is 327 g/mol. The molecule has 0 fully saturated rings. The summed E-state index contributed by atoms with van der Waals surface area (Å²) >= 11 is 0. The lowest BCUT2D eigenvalue weighted by atomic mass is 9.92. The van der Waals surface area contributed by atoms with Gasteiger partial charge in [-0.05, 0) is 63.8 Å². The Kier molecular flexibility index (Phi) is 5.89. The van der Waals surface area contributed by atoms with Crippen molar-refractivity contribution in [3.05, 3.63) is 59.2 Å².